The predicted molar refractivity (Wildman–Crippen MR) is 73.7 cm³/mol. The number of amides is 1. The molecule has 0 saturated heterocycles. The van der Waals surface area contributed by atoms with E-state index in [1.807, 2.05) is 24.3 Å². The maximum atomic E-state index is 10.7. The molecule has 4 nitrogen and oxygen atoms in total. The Morgan fingerprint density at radius 3 is 2.89 bits per heavy atom. The van der Waals surface area contributed by atoms with Gasteiger partial charge in [-0.15, -0.1) is 11.3 Å². The van der Waals surface area contributed by atoms with Gasteiger partial charge in [-0.1, -0.05) is 29.8 Å². The number of aliphatic hydroxyl groups excluding tert-OH is 1. The van der Waals surface area contributed by atoms with E-state index >= 15 is 0 Å². The second-order valence-corrected chi connectivity index (χ2v) is 5.40. The molecule has 4 N–H and O–H groups in total. The zero-order valence-corrected chi connectivity index (χ0v) is 11.1. The molecule has 0 saturated carbocycles. The molecule has 1 aromatic heterocycles. The summed E-state index contributed by atoms with van der Waals surface area (Å²) in [5.74, 6) is -0.732. The Bertz CT molecular complexity index is 570. The van der Waals surface area contributed by atoms with Crippen LogP contribution in [0, 0.1) is 0 Å². The summed E-state index contributed by atoms with van der Waals surface area (Å²) in [4.78, 5) is 11.6. The van der Waals surface area contributed by atoms with Gasteiger partial charge in [0.05, 0.1) is 5.02 Å². The van der Waals surface area contributed by atoms with Crippen LogP contribution in [0.15, 0.2) is 24.3 Å². The fourth-order valence-corrected chi connectivity index (χ4v) is 3.07. The van der Waals surface area contributed by atoms with Crippen LogP contribution in [-0.4, -0.2) is 23.7 Å². The zero-order chi connectivity index (χ0) is 13.1. The van der Waals surface area contributed by atoms with Crippen molar-refractivity contribution in [3.8, 4) is 0 Å². The van der Waals surface area contributed by atoms with Crippen molar-refractivity contribution in [2.24, 2.45) is 5.73 Å². The van der Waals surface area contributed by atoms with Crippen molar-refractivity contribution in [2.45, 2.75) is 12.6 Å². The van der Waals surface area contributed by atoms with Gasteiger partial charge in [-0.3, -0.25) is 4.79 Å². The van der Waals surface area contributed by atoms with Crippen molar-refractivity contribution in [1.29, 1.82) is 0 Å². The van der Waals surface area contributed by atoms with Crippen LogP contribution in [0.5, 0.6) is 0 Å². The van der Waals surface area contributed by atoms with Crippen molar-refractivity contribution >= 4 is 38.9 Å². The van der Waals surface area contributed by atoms with E-state index < -0.39 is 12.0 Å². The van der Waals surface area contributed by atoms with Gasteiger partial charge in [0, 0.05) is 28.1 Å². The van der Waals surface area contributed by atoms with E-state index in [0.29, 0.717) is 6.54 Å². The summed E-state index contributed by atoms with van der Waals surface area (Å²) in [5.41, 5.74) is 4.95. The van der Waals surface area contributed by atoms with E-state index in [1.165, 1.54) is 0 Å². The number of halogens is 1. The summed E-state index contributed by atoms with van der Waals surface area (Å²) in [6.07, 6.45) is -1.17. The number of rotatable bonds is 5. The molecule has 1 aromatic carbocycles. The number of aliphatic hydroxyl groups is 1. The van der Waals surface area contributed by atoms with Crippen molar-refractivity contribution in [3.63, 3.8) is 0 Å². The molecule has 1 unspecified atom stereocenters. The molecule has 0 aliphatic carbocycles. The van der Waals surface area contributed by atoms with E-state index in [9.17, 15) is 9.90 Å². The maximum absolute atomic E-state index is 10.7. The largest absolute Gasteiger partial charge is 0.382 e. The number of hydrogen-bond acceptors (Lipinski definition) is 4. The SMILES string of the molecule is NC(=O)C(O)CNCc1sc2ccccc2c1Cl. The normalized spacial score (nSPS) is 12.8. The summed E-state index contributed by atoms with van der Waals surface area (Å²) in [6, 6.07) is 7.88. The van der Waals surface area contributed by atoms with Crippen LogP contribution >= 0.6 is 22.9 Å². The lowest BCUT2D eigenvalue weighted by Crippen LogP contribution is -2.37. The van der Waals surface area contributed by atoms with Crippen LogP contribution in [0.4, 0.5) is 0 Å². The molecule has 2 aromatic rings. The first-order valence-corrected chi connectivity index (χ1v) is 6.63. The third kappa shape index (κ3) is 2.81. The van der Waals surface area contributed by atoms with Gasteiger partial charge < -0.3 is 16.2 Å². The molecule has 0 fully saturated rings. The number of benzene rings is 1. The lowest BCUT2D eigenvalue weighted by molar-refractivity contribution is -0.125. The highest BCUT2D eigenvalue weighted by Crippen LogP contribution is 2.34. The van der Waals surface area contributed by atoms with Gasteiger partial charge in [0.15, 0.2) is 0 Å². The second kappa shape index (κ2) is 5.67. The third-order valence-electron chi connectivity index (χ3n) is 2.55. The van der Waals surface area contributed by atoms with Crippen LogP contribution in [0.3, 0.4) is 0 Å². The van der Waals surface area contributed by atoms with Gasteiger partial charge >= 0.3 is 0 Å². The first kappa shape index (κ1) is 13.3. The molecule has 18 heavy (non-hydrogen) atoms. The molecule has 6 heteroatoms. The van der Waals surface area contributed by atoms with Gasteiger partial charge in [0.2, 0.25) is 5.91 Å². The fraction of sp³-hybridized carbons (Fsp3) is 0.250. The Balaban J connectivity index is 2.04. The van der Waals surface area contributed by atoms with Crippen molar-refractivity contribution in [2.75, 3.05) is 6.54 Å². The fourth-order valence-electron chi connectivity index (χ4n) is 1.60. The summed E-state index contributed by atoms with van der Waals surface area (Å²) in [7, 11) is 0. The highest BCUT2D eigenvalue weighted by molar-refractivity contribution is 7.19. The molecular formula is C12H13ClN2O2S. The lowest BCUT2D eigenvalue weighted by atomic mass is 10.2. The minimum absolute atomic E-state index is 0.125. The number of nitrogens with one attached hydrogen (secondary N) is 1. The van der Waals surface area contributed by atoms with E-state index in [4.69, 9.17) is 17.3 Å². The van der Waals surface area contributed by atoms with Crippen molar-refractivity contribution < 1.29 is 9.90 Å². The molecule has 1 heterocycles. The van der Waals surface area contributed by atoms with Crippen molar-refractivity contribution in [3.05, 3.63) is 34.2 Å². The average molecular weight is 285 g/mol. The number of primary amides is 1. The van der Waals surface area contributed by atoms with Crippen LogP contribution in [-0.2, 0) is 11.3 Å². The van der Waals surface area contributed by atoms with Gasteiger partial charge in [0.25, 0.3) is 0 Å². The van der Waals surface area contributed by atoms with Gasteiger partial charge in [0.1, 0.15) is 6.10 Å². The number of nitrogens with two attached hydrogens (primary N) is 1. The summed E-state index contributed by atoms with van der Waals surface area (Å²) >= 11 is 7.84. The Kier molecular flexibility index (Phi) is 4.19. The monoisotopic (exact) mass is 284 g/mol. The van der Waals surface area contributed by atoms with Crippen molar-refractivity contribution in [1.82, 2.24) is 5.32 Å². The van der Waals surface area contributed by atoms with Gasteiger partial charge in [-0.25, -0.2) is 0 Å². The Morgan fingerprint density at radius 2 is 2.22 bits per heavy atom. The highest BCUT2D eigenvalue weighted by Gasteiger charge is 2.12. The van der Waals surface area contributed by atoms with Gasteiger partial charge in [-0.05, 0) is 6.07 Å². The van der Waals surface area contributed by atoms with Gasteiger partial charge in [-0.2, -0.15) is 0 Å². The average Bonchev–Trinajstić information content (AvgIpc) is 2.67. The molecule has 0 bridgehead atoms. The molecule has 2 rings (SSSR count). The smallest absolute Gasteiger partial charge is 0.247 e. The Morgan fingerprint density at radius 1 is 1.50 bits per heavy atom. The summed E-state index contributed by atoms with van der Waals surface area (Å²) in [6.45, 7) is 0.627. The molecule has 0 spiro atoms. The summed E-state index contributed by atoms with van der Waals surface area (Å²) < 4.78 is 1.12. The quantitative estimate of drug-likeness (QED) is 0.779. The number of fused-ring (bicyclic) bond motifs is 1. The number of hydrogen-bond donors (Lipinski definition) is 3. The van der Waals surface area contributed by atoms with E-state index in [1.54, 1.807) is 11.3 Å². The predicted octanol–water partition coefficient (Wildman–Crippen LogP) is 1.49. The third-order valence-corrected chi connectivity index (χ3v) is 4.27. The van der Waals surface area contributed by atoms with Crippen LogP contribution in [0.25, 0.3) is 10.1 Å². The standard InChI is InChI=1S/C12H13ClN2O2S/c13-11-7-3-1-2-4-9(7)18-10(11)6-15-5-8(16)12(14)17/h1-4,8,15-16H,5-6H2,(H2,14,17). The van der Waals surface area contributed by atoms with E-state index in [2.05, 4.69) is 5.32 Å². The molecule has 96 valence electrons. The zero-order valence-electron chi connectivity index (χ0n) is 9.52. The first-order chi connectivity index (χ1) is 8.59. The Labute approximate surface area is 113 Å². The van der Waals surface area contributed by atoms with Crippen LogP contribution in [0.1, 0.15) is 4.88 Å². The minimum atomic E-state index is -1.17. The van der Waals surface area contributed by atoms with Crippen LogP contribution < -0.4 is 11.1 Å². The number of carbonyl (C=O) groups is 1. The van der Waals surface area contributed by atoms with E-state index in [0.717, 1.165) is 20.0 Å². The lowest BCUT2D eigenvalue weighted by Gasteiger charge is -2.07. The second-order valence-electron chi connectivity index (χ2n) is 3.88. The minimum Gasteiger partial charge on any atom is -0.382 e. The molecule has 0 aliphatic heterocycles. The number of thiophene rings is 1. The maximum Gasteiger partial charge on any atom is 0.247 e. The topological polar surface area (TPSA) is 75.4 Å². The van der Waals surface area contributed by atoms with Crippen LogP contribution in [0.2, 0.25) is 5.02 Å². The molecule has 0 radical (unpaired) electrons. The number of carbonyl (C=O) groups excluding carboxylic acids is 1. The molecule has 1 amide bonds. The molecule has 1 atom stereocenters. The molecule has 0 aliphatic rings. The first-order valence-electron chi connectivity index (χ1n) is 5.43. The highest BCUT2D eigenvalue weighted by atomic mass is 35.5. The van der Waals surface area contributed by atoms with E-state index in [-0.39, 0.29) is 6.54 Å². The summed E-state index contributed by atoms with van der Waals surface area (Å²) in [5, 5.41) is 14.0. The Hall–Kier alpha value is -1.14. The molecular weight excluding hydrogens is 272 g/mol.